The lowest BCUT2D eigenvalue weighted by atomic mass is 9.94. The second-order valence-electron chi connectivity index (χ2n) is 10.6. The summed E-state index contributed by atoms with van der Waals surface area (Å²) in [6, 6.07) is 8.05. The topological polar surface area (TPSA) is 103 Å². The SMILES string of the molecule is C[C@@H](CC(N)=O)C(=O)OCCCc1cc(-c2ccc(F)cc2)oc1/C=C1\SC(=S)N(C2CC3CCC2C3)C1=O. The summed E-state index contributed by atoms with van der Waals surface area (Å²) < 4.78 is 25.6. The number of carbonyl (C=O) groups excluding carboxylic acids is 3. The lowest BCUT2D eigenvalue weighted by molar-refractivity contribution is -0.149. The van der Waals surface area contributed by atoms with Crippen molar-refractivity contribution in [2.45, 2.75) is 57.9 Å². The fourth-order valence-corrected chi connectivity index (χ4v) is 7.24. The van der Waals surface area contributed by atoms with E-state index >= 15 is 0 Å². The first-order valence-electron chi connectivity index (χ1n) is 13.3. The molecule has 3 fully saturated rings. The standard InChI is InChI=1S/C29H31FN2O5S2/c1-16(11-26(31)33)28(35)36-10-2-3-20-14-23(18-6-8-21(30)9-7-18)37-24(20)15-25-27(34)32(29(38)39-25)22-13-17-4-5-19(22)12-17/h6-9,14-17,19,22H,2-5,10-13H2,1H3,(H2,31,33)/b25-15-/t16-,17?,19?,22?/m0/s1. The maximum atomic E-state index is 13.5. The fourth-order valence-electron chi connectivity index (χ4n) is 5.89. The normalized spacial score (nSPS) is 24.1. The van der Waals surface area contributed by atoms with Crippen LogP contribution in [0.25, 0.3) is 17.4 Å². The molecule has 5 rings (SSSR count). The van der Waals surface area contributed by atoms with Gasteiger partial charge in [-0.3, -0.25) is 19.3 Å². The van der Waals surface area contributed by atoms with Crippen molar-refractivity contribution in [3.8, 4) is 11.3 Å². The van der Waals surface area contributed by atoms with Gasteiger partial charge in [0.2, 0.25) is 5.91 Å². The first-order chi connectivity index (χ1) is 18.7. The summed E-state index contributed by atoms with van der Waals surface area (Å²) in [5.74, 6) is 0.232. The minimum atomic E-state index is -0.603. The number of amides is 2. The quantitative estimate of drug-likeness (QED) is 0.175. The van der Waals surface area contributed by atoms with Crippen LogP contribution in [0.1, 0.15) is 56.8 Å². The predicted molar refractivity (Wildman–Crippen MR) is 151 cm³/mol. The third kappa shape index (κ3) is 6.11. The lowest BCUT2D eigenvalue weighted by Crippen LogP contribution is -2.41. The molecule has 3 aliphatic rings. The molecule has 0 radical (unpaired) electrons. The Morgan fingerprint density at radius 1 is 1.28 bits per heavy atom. The third-order valence-electron chi connectivity index (χ3n) is 7.83. The van der Waals surface area contributed by atoms with Crippen molar-refractivity contribution in [3.05, 3.63) is 52.4 Å². The van der Waals surface area contributed by atoms with Crippen molar-refractivity contribution >= 4 is 52.2 Å². The number of halogens is 1. The molecule has 0 spiro atoms. The van der Waals surface area contributed by atoms with Crippen molar-refractivity contribution in [1.29, 1.82) is 0 Å². The second-order valence-corrected chi connectivity index (χ2v) is 12.3. The molecule has 4 atom stereocenters. The molecule has 2 bridgehead atoms. The smallest absolute Gasteiger partial charge is 0.309 e. The zero-order valence-corrected chi connectivity index (χ0v) is 23.3. The van der Waals surface area contributed by atoms with Gasteiger partial charge in [-0.05, 0) is 79.8 Å². The Labute approximate surface area is 236 Å². The molecule has 1 saturated heterocycles. The van der Waals surface area contributed by atoms with E-state index in [1.807, 2.05) is 11.0 Å². The number of rotatable bonds is 10. The summed E-state index contributed by atoms with van der Waals surface area (Å²) in [4.78, 5) is 39.0. The number of nitrogens with zero attached hydrogens (tertiary/aromatic N) is 1. The number of thiocarbonyl (C=S) groups is 1. The van der Waals surface area contributed by atoms with E-state index in [9.17, 15) is 18.8 Å². The summed E-state index contributed by atoms with van der Waals surface area (Å²) >= 11 is 6.93. The Morgan fingerprint density at radius 3 is 2.72 bits per heavy atom. The highest BCUT2D eigenvalue weighted by Crippen LogP contribution is 2.49. The number of fused-ring (bicyclic) bond motifs is 2. The van der Waals surface area contributed by atoms with E-state index in [2.05, 4.69) is 0 Å². The predicted octanol–water partition coefficient (Wildman–Crippen LogP) is 5.46. The van der Waals surface area contributed by atoms with Crippen molar-refractivity contribution in [3.63, 3.8) is 0 Å². The molecule has 7 nitrogen and oxygen atoms in total. The molecule has 1 aromatic carbocycles. The van der Waals surface area contributed by atoms with Crippen LogP contribution in [0.3, 0.4) is 0 Å². The van der Waals surface area contributed by atoms with Gasteiger partial charge in [0.1, 0.15) is 21.7 Å². The third-order valence-corrected chi connectivity index (χ3v) is 9.16. The molecule has 2 N–H and O–H groups in total. The molecule has 10 heteroatoms. The number of nitrogens with two attached hydrogens (primary N) is 1. The molecule has 2 amide bonds. The van der Waals surface area contributed by atoms with Gasteiger partial charge in [0, 0.05) is 24.1 Å². The molecular weight excluding hydrogens is 539 g/mol. The number of esters is 1. The van der Waals surface area contributed by atoms with Crippen molar-refractivity contribution < 1.29 is 27.9 Å². The Balaban J connectivity index is 1.32. The van der Waals surface area contributed by atoms with E-state index in [4.69, 9.17) is 27.1 Å². The number of ether oxygens (including phenoxy) is 1. The van der Waals surface area contributed by atoms with Crippen LogP contribution in [0.2, 0.25) is 0 Å². The minimum absolute atomic E-state index is 0.0633. The first kappa shape index (κ1) is 27.6. The summed E-state index contributed by atoms with van der Waals surface area (Å²) in [6.45, 7) is 1.76. The van der Waals surface area contributed by atoms with Gasteiger partial charge in [-0.15, -0.1) is 0 Å². The zero-order chi connectivity index (χ0) is 27.7. The number of furan rings is 1. The van der Waals surface area contributed by atoms with Gasteiger partial charge in [0.25, 0.3) is 5.91 Å². The van der Waals surface area contributed by atoms with Gasteiger partial charge in [-0.1, -0.05) is 37.3 Å². The van der Waals surface area contributed by atoms with Crippen LogP contribution in [0.4, 0.5) is 4.39 Å². The summed E-state index contributed by atoms with van der Waals surface area (Å²) in [5, 5.41) is 0. The number of benzene rings is 1. The first-order valence-corrected chi connectivity index (χ1v) is 14.5. The van der Waals surface area contributed by atoms with Gasteiger partial charge < -0.3 is 14.9 Å². The average molecular weight is 571 g/mol. The van der Waals surface area contributed by atoms with E-state index in [0.717, 1.165) is 18.4 Å². The van der Waals surface area contributed by atoms with Crippen molar-refractivity contribution in [2.75, 3.05) is 6.61 Å². The van der Waals surface area contributed by atoms with Crippen molar-refractivity contribution in [2.24, 2.45) is 23.5 Å². The highest BCUT2D eigenvalue weighted by molar-refractivity contribution is 8.26. The maximum Gasteiger partial charge on any atom is 0.309 e. The van der Waals surface area contributed by atoms with Crippen LogP contribution in [-0.2, 0) is 25.5 Å². The van der Waals surface area contributed by atoms with E-state index in [-0.39, 0.29) is 30.8 Å². The number of hydrogen-bond donors (Lipinski definition) is 1. The van der Waals surface area contributed by atoms with Crippen LogP contribution in [0.15, 0.2) is 39.7 Å². The summed E-state index contributed by atoms with van der Waals surface area (Å²) in [5.41, 5.74) is 6.70. The van der Waals surface area contributed by atoms with E-state index in [1.54, 1.807) is 25.1 Å². The van der Waals surface area contributed by atoms with E-state index < -0.39 is 17.8 Å². The zero-order valence-electron chi connectivity index (χ0n) is 21.7. The number of thioether (sulfide) groups is 1. The highest BCUT2D eigenvalue weighted by atomic mass is 32.2. The molecule has 206 valence electrons. The Hall–Kier alpha value is -2.98. The van der Waals surface area contributed by atoms with Crippen LogP contribution in [0.5, 0.6) is 0 Å². The molecule has 39 heavy (non-hydrogen) atoms. The second kappa shape index (κ2) is 11.6. The van der Waals surface area contributed by atoms with Gasteiger partial charge in [-0.25, -0.2) is 4.39 Å². The molecule has 1 aliphatic heterocycles. The van der Waals surface area contributed by atoms with Crippen LogP contribution < -0.4 is 5.73 Å². The van der Waals surface area contributed by atoms with Gasteiger partial charge >= 0.3 is 5.97 Å². The monoisotopic (exact) mass is 570 g/mol. The fraction of sp³-hybridized carbons (Fsp3) is 0.448. The van der Waals surface area contributed by atoms with Crippen LogP contribution >= 0.6 is 24.0 Å². The largest absolute Gasteiger partial charge is 0.465 e. The van der Waals surface area contributed by atoms with Gasteiger partial charge in [-0.2, -0.15) is 0 Å². The van der Waals surface area contributed by atoms with Crippen LogP contribution in [-0.4, -0.2) is 39.7 Å². The van der Waals surface area contributed by atoms with Gasteiger partial charge in [0.05, 0.1) is 17.4 Å². The van der Waals surface area contributed by atoms with Gasteiger partial charge in [0.15, 0.2) is 0 Å². The Morgan fingerprint density at radius 2 is 2.05 bits per heavy atom. The molecule has 3 unspecified atom stereocenters. The summed E-state index contributed by atoms with van der Waals surface area (Å²) in [7, 11) is 0. The van der Waals surface area contributed by atoms with E-state index in [0.29, 0.717) is 51.0 Å². The maximum absolute atomic E-state index is 13.5. The van der Waals surface area contributed by atoms with Crippen LogP contribution in [0, 0.1) is 23.6 Å². The average Bonchev–Trinajstić information content (AvgIpc) is 3.67. The number of aryl methyl sites for hydroxylation is 1. The molecule has 2 aliphatic carbocycles. The highest BCUT2D eigenvalue weighted by Gasteiger charge is 2.48. The molecule has 1 aromatic heterocycles. The number of hydrogen-bond acceptors (Lipinski definition) is 7. The minimum Gasteiger partial charge on any atom is -0.465 e. The molecule has 2 aromatic rings. The Bertz CT molecular complexity index is 1320. The number of primary amides is 1. The molecule has 2 heterocycles. The number of carbonyl (C=O) groups is 3. The Kier molecular flexibility index (Phi) is 8.23. The molecule has 2 saturated carbocycles. The van der Waals surface area contributed by atoms with E-state index in [1.165, 1.54) is 36.7 Å². The lowest BCUT2D eigenvalue weighted by Gasteiger charge is -2.30. The summed E-state index contributed by atoms with van der Waals surface area (Å²) in [6.07, 6.45) is 7.29. The molecular formula is C29H31FN2O5S2. The van der Waals surface area contributed by atoms with Crippen molar-refractivity contribution in [1.82, 2.24) is 4.90 Å².